The van der Waals surface area contributed by atoms with E-state index in [4.69, 9.17) is 16.0 Å². The average molecular weight is 435 g/mol. The predicted molar refractivity (Wildman–Crippen MR) is 108 cm³/mol. The van der Waals surface area contributed by atoms with Crippen molar-refractivity contribution in [1.29, 1.82) is 0 Å². The molecule has 2 N–H and O–H groups in total. The van der Waals surface area contributed by atoms with Crippen molar-refractivity contribution in [2.45, 2.75) is 13.0 Å². The van der Waals surface area contributed by atoms with Crippen LogP contribution in [0, 0.1) is 5.82 Å². The summed E-state index contributed by atoms with van der Waals surface area (Å²) in [5.41, 5.74) is 1.37. The predicted octanol–water partition coefficient (Wildman–Crippen LogP) is 3.78. The van der Waals surface area contributed by atoms with Crippen molar-refractivity contribution in [1.82, 2.24) is 9.88 Å². The van der Waals surface area contributed by atoms with Gasteiger partial charge < -0.3 is 9.73 Å². The molecule has 29 heavy (non-hydrogen) atoms. The third-order valence-electron chi connectivity index (χ3n) is 4.35. The summed E-state index contributed by atoms with van der Waals surface area (Å²) in [6, 6.07) is 7.27. The topological polar surface area (TPSA) is 87.5 Å². The first-order valence-corrected chi connectivity index (χ1v) is 9.98. The molecule has 10 heteroatoms. The molecule has 0 unspecified atom stereocenters. The normalized spacial score (nSPS) is 13.7. The highest BCUT2D eigenvalue weighted by Crippen LogP contribution is 2.28. The highest BCUT2D eigenvalue weighted by Gasteiger charge is 2.23. The molecule has 0 saturated carbocycles. The summed E-state index contributed by atoms with van der Waals surface area (Å²) in [7, 11) is 0. The molecule has 3 heterocycles. The molecule has 4 rings (SSSR count). The zero-order valence-electron chi connectivity index (χ0n) is 15.1. The number of rotatable bonds is 5. The van der Waals surface area contributed by atoms with Gasteiger partial charge in [0.15, 0.2) is 10.9 Å². The molecule has 1 aliphatic rings. The second-order valence-electron chi connectivity index (χ2n) is 6.46. The van der Waals surface area contributed by atoms with Gasteiger partial charge in [0, 0.05) is 30.1 Å². The van der Waals surface area contributed by atoms with E-state index in [0.717, 1.165) is 10.6 Å². The number of furan rings is 1. The lowest BCUT2D eigenvalue weighted by Gasteiger charge is -2.25. The smallest absolute Gasteiger partial charge is 0.293 e. The van der Waals surface area contributed by atoms with E-state index in [1.807, 2.05) is 4.90 Å². The van der Waals surface area contributed by atoms with Gasteiger partial charge in [0.1, 0.15) is 5.82 Å². The van der Waals surface area contributed by atoms with E-state index < -0.39 is 5.82 Å². The van der Waals surface area contributed by atoms with E-state index in [9.17, 15) is 14.0 Å². The third-order valence-corrected chi connectivity index (χ3v) is 5.63. The van der Waals surface area contributed by atoms with E-state index in [2.05, 4.69) is 15.6 Å². The van der Waals surface area contributed by atoms with Gasteiger partial charge in [-0.1, -0.05) is 11.6 Å². The Kier molecular flexibility index (Phi) is 5.61. The summed E-state index contributed by atoms with van der Waals surface area (Å²) < 4.78 is 18.3. The maximum absolute atomic E-state index is 13.2. The van der Waals surface area contributed by atoms with Gasteiger partial charge >= 0.3 is 0 Å². The average Bonchev–Trinajstić information content (AvgIpc) is 3.34. The second kappa shape index (κ2) is 8.32. The third kappa shape index (κ3) is 4.64. The number of thiazole rings is 1. The Morgan fingerprint density at radius 1 is 1.31 bits per heavy atom. The monoisotopic (exact) mass is 434 g/mol. The first kappa shape index (κ1) is 19.6. The standard InChI is InChI=1S/C19H16ClFN4O3S/c20-12-8-11(3-4-13(12)21)22-17(26)10-25-6-5-14-16(9-25)29-19(23-14)24-18(27)15-2-1-7-28-15/h1-4,7-8H,5-6,9-10H2,(H,22,26)(H,23,24,27). The van der Waals surface area contributed by atoms with Crippen molar-refractivity contribution in [3.8, 4) is 0 Å². The van der Waals surface area contributed by atoms with E-state index in [1.54, 1.807) is 12.1 Å². The fourth-order valence-electron chi connectivity index (χ4n) is 2.98. The molecular weight excluding hydrogens is 419 g/mol. The molecule has 2 amide bonds. The number of benzene rings is 1. The van der Waals surface area contributed by atoms with Crippen molar-refractivity contribution < 1.29 is 18.4 Å². The van der Waals surface area contributed by atoms with Crippen LogP contribution in [0.3, 0.4) is 0 Å². The van der Waals surface area contributed by atoms with Gasteiger partial charge in [0.05, 0.1) is 23.5 Å². The number of halogens is 2. The Balaban J connectivity index is 1.34. The number of anilines is 2. The van der Waals surface area contributed by atoms with E-state index in [0.29, 0.717) is 30.3 Å². The molecule has 0 saturated heterocycles. The Bertz CT molecular complexity index is 1050. The van der Waals surface area contributed by atoms with Crippen LogP contribution in [0.2, 0.25) is 5.02 Å². The molecule has 0 fully saturated rings. The van der Waals surface area contributed by atoms with Crippen molar-refractivity contribution in [2.75, 3.05) is 23.7 Å². The van der Waals surface area contributed by atoms with E-state index in [-0.39, 0.29) is 29.1 Å². The van der Waals surface area contributed by atoms with Gasteiger partial charge in [-0.05, 0) is 30.3 Å². The zero-order chi connectivity index (χ0) is 20.4. The Morgan fingerprint density at radius 3 is 2.93 bits per heavy atom. The second-order valence-corrected chi connectivity index (χ2v) is 7.95. The summed E-state index contributed by atoms with van der Waals surface area (Å²) in [5.74, 6) is -0.881. The van der Waals surface area contributed by atoms with Gasteiger partial charge in [-0.25, -0.2) is 9.37 Å². The van der Waals surface area contributed by atoms with E-state index >= 15 is 0 Å². The van der Waals surface area contributed by atoms with Crippen molar-refractivity contribution in [3.05, 3.63) is 63.8 Å². The molecule has 3 aromatic rings. The molecule has 1 aromatic carbocycles. The SMILES string of the molecule is O=C(CN1CCc2nc(NC(=O)c3ccco3)sc2C1)Nc1ccc(F)c(Cl)c1. The van der Waals surface area contributed by atoms with Gasteiger partial charge in [0.2, 0.25) is 5.91 Å². The summed E-state index contributed by atoms with van der Waals surface area (Å²) >= 11 is 7.12. The van der Waals surface area contributed by atoms with Gasteiger partial charge in [-0.15, -0.1) is 11.3 Å². The summed E-state index contributed by atoms with van der Waals surface area (Å²) in [4.78, 5) is 31.8. The largest absolute Gasteiger partial charge is 0.459 e. The van der Waals surface area contributed by atoms with Crippen LogP contribution in [0.4, 0.5) is 15.2 Å². The lowest BCUT2D eigenvalue weighted by molar-refractivity contribution is -0.117. The number of hydrogen-bond acceptors (Lipinski definition) is 6. The van der Waals surface area contributed by atoms with Crippen LogP contribution >= 0.6 is 22.9 Å². The minimum atomic E-state index is -0.534. The van der Waals surface area contributed by atoms with Gasteiger partial charge in [0.25, 0.3) is 5.91 Å². The number of fused-ring (bicyclic) bond motifs is 1. The van der Waals surface area contributed by atoms with Crippen molar-refractivity contribution >= 4 is 45.6 Å². The number of carbonyl (C=O) groups is 2. The maximum Gasteiger partial charge on any atom is 0.293 e. The Morgan fingerprint density at radius 2 is 2.17 bits per heavy atom. The molecular formula is C19H16ClFN4O3S. The summed E-state index contributed by atoms with van der Waals surface area (Å²) in [5, 5.41) is 5.91. The highest BCUT2D eigenvalue weighted by molar-refractivity contribution is 7.15. The van der Waals surface area contributed by atoms with Crippen LogP contribution in [0.5, 0.6) is 0 Å². The first-order valence-electron chi connectivity index (χ1n) is 8.78. The maximum atomic E-state index is 13.2. The molecule has 0 spiro atoms. The number of hydrogen-bond donors (Lipinski definition) is 2. The molecule has 0 aliphatic carbocycles. The van der Waals surface area contributed by atoms with Crippen molar-refractivity contribution in [3.63, 3.8) is 0 Å². The lowest BCUT2D eigenvalue weighted by Crippen LogP contribution is -2.36. The minimum absolute atomic E-state index is 0.0424. The van der Waals surface area contributed by atoms with Crippen LogP contribution in [0.25, 0.3) is 0 Å². The summed E-state index contributed by atoms with van der Waals surface area (Å²) in [6.45, 7) is 1.40. The summed E-state index contributed by atoms with van der Waals surface area (Å²) in [6.07, 6.45) is 2.11. The number of amides is 2. The first-order chi connectivity index (χ1) is 14.0. The van der Waals surface area contributed by atoms with Gasteiger partial charge in [-0.2, -0.15) is 0 Å². The number of carbonyl (C=O) groups excluding carboxylic acids is 2. The number of aromatic nitrogens is 1. The van der Waals surface area contributed by atoms with Crippen molar-refractivity contribution in [2.24, 2.45) is 0 Å². The fourth-order valence-corrected chi connectivity index (χ4v) is 4.21. The van der Waals surface area contributed by atoms with Crippen LogP contribution in [-0.2, 0) is 17.8 Å². The fraction of sp³-hybridized carbons (Fsp3) is 0.211. The molecule has 150 valence electrons. The van der Waals surface area contributed by atoms with Crippen LogP contribution in [0.15, 0.2) is 41.0 Å². The molecule has 7 nitrogen and oxygen atoms in total. The van der Waals surface area contributed by atoms with Crippen LogP contribution < -0.4 is 10.6 Å². The molecule has 1 aliphatic heterocycles. The highest BCUT2D eigenvalue weighted by atomic mass is 35.5. The molecule has 0 radical (unpaired) electrons. The quantitative estimate of drug-likeness (QED) is 0.638. The lowest BCUT2D eigenvalue weighted by atomic mass is 10.2. The molecule has 0 bridgehead atoms. The van der Waals surface area contributed by atoms with Crippen LogP contribution in [0.1, 0.15) is 21.1 Å². The zero-order valence-corrected chi connectivity index (χ0v) is 16.6. The van der Waals surface area contributed by atoms with Gasteiger partial charge in [-0.3, -0.25) is 19.8 Å². The Labute approximate surface area is 174 Å². The Hall–Kier alpha value is -2.75. The van der Waals surface area contributed by atoms with E-state index in [1.165, 1.54) is 35.8 Å². The molecule has 2 aromatic heterocycles. The minimum Gasteiger partial charge on any atom is -0.459 e. The molecule has 0 atom stereocenters. The number of nitrogens with zero attached hydrogens (tertiary/aromatic N) is 2. The number of nitrogens with one attached hydrogen (secondary N) is 2. The van der Waals surface area contributed by atoms with Crippen LogP contribution in [-0.4, -0.2) is 34.8 Å².